The fourth-order valence-electron chi connectivity index (χ4n) is 2.28. The van der Waals surface area contributed by atoms with Crippen LogP contribution in [0.3, 0.4) is 0 Å². The van der Waals surface area contributed by atoms with E-state index in [2.05, 4.69) is 18.7 Å². The molecule has 0 aromatic rings. The van der Waals surface area contributed by atoms with E-state index in [-0.39, 0.29) is 0 Å². The van der Waals surface area contributed by atoms with E-state index < -0.39 is 0 Å². The minimum absolute atomic E-state index is 0.773. The number of piperidine rings is 1. The summed E-state index contributed by atoms with van der Waals surface area (Å²) in [6.07, 6.45) is 6.62. The van der Waals surface area contributed by atoms with E-state index in [4.69, 9.17) is 11.6 Å². The van der Waals surface area contributed by atoms with E-state index in [0.717, 1.165) is 17.8 Å². The first kappa shape index (κ1) is 12.3. The van der Waals surface area contributed by atoms with Gasteiger partial charge in [-0.1, -0.05) is 26.7 Å². The van der Waals surface area contributed by atoms with Crippen molar-refractivity contribution in [3.05, 3.63) is 0 Å². The molecule has 1 fully saturated rings. The molecule has 2 heteroatoms. The summed E-state index contributed by atoms with van der Waals surface area (Å²) < 4.78 is 0. The lowest BCUT2D eigenvalue weighted by atomic mass is 9.98. The first-order valence-electron chi connectivity index (χ1n) is 6.08. The number of nitrogens with zero attached hydrogens (tertiary/aromatic N) is 1. The zero-order valence-electron chi connectivity index (χ0n) is 9.64. The molecule has 2 atom stereocenters. The highest BCUT2D eigenvalue weighted by molar-refractivity contribution is 6.17. The van der Waals surface area contributed by atoms with E-state index in [1.807, 2.05) is 0 Å². The van der Waals surface area contributed by atoms with Crippen molar-refractivity contribution < 1.29 is 0 Å². The molecule has 84 valence electrons. The molecule has 1 nitrogen and oxygen atoms in total. The van der Waals surface area contributed by atoms with Gasteiger partial charge < -0.3 is 4.90 Å². The molecule has 0 aromatic heterocycles. The second kappa shape index (κ2) is 6.68. The fourth-order valence-corrected chi connectivity index (χ4v) is 2.53. The Hall–Kier alpha value is 0.250. The summed E-state index contributed by atoms with van der Waals surface area (Å²) in [6.45, 7) is 7.21. The maximum absolute atomic E-state index is 5.84. The number of hydrogen-bond acceptors (Lipinski definition) is 1. The van der Waals surface area contributed by atoms with Crippen LogP contribution in [0.1, 0.15) is 46.0 Å². The maximum Gasteiger partial charge on any atom is 0.0238 e. The van der Waals surface area contributed by atoms with E-state index in [9.17, 15) is 0 Å². The van der Waals surface area contributed by atoms with Gasteiger partial charge in [0.25, 0.3) is 0 Å². The SMILES string of the molecule is CCC(C)CN1CCCCC1CCCl. The van der Waals surface area contributed by atoms with Gasteiger partial charge in [-0.05, 0) is 31.7 Å². The molecule has 0 spiro atoms. The number of alkyl halides is 1. The van der Waals surface area contributed by atoms with Crippen molar-refractivity contribution in [1.29, 1.82) is 0 Å². The average Bonchev–Trinajstić information content (AvgIpc) is 2.21. The monoisotopic (exact) mass is 217 g/mol. The molecule has 0 N–H and O–H groups in total. The topological polar surface area (TPSA) is 3.24 Å². The molecule has 1 aliphatic heterocycles. The van der Waals surface area contributed by atoms with Crippen molar-refractivity contribution in [2.24, 2.45) is 5.92 Å². The number of halogens is 1. The van der Waals surface area contributed by atoms with Gasteiger partial charge in [0.05, 0.1) is 0 Å². The zero-order chi connectivity index (χ0) is 10.4. The van der Waals surface area contributed by atoms with Crippen LogP contribution in [-0.4, -0.2) is 29.9 Å². The highest BCUT2D eigenvalue weighted by Crippen LogP contribution is 2.21. The first-order chi connectivity index (χ1) is 6.77. The van der Waals surface area contributed by atoms with Crippen LogP contribution < -0.4 is 0 Å². The lowest BCUT2D eigenvalue weighted by molar-refractivity contribution is 0.124. The molecule has 1 rings (SSSR count). The van der Waals surface area contributed by atoms with Crippen LogP contribution in [0.25, 0.3) is 0 Å². The Balaban J connectivity index is 2.37. The largest absolute Gasteiger partial charge is 0.300 e. The molecule has 1 aliphatic rings. The van der Waals surface area contributed by atoms with Crippen LogP contribution in [0, 0.1) is 5.92 Å². The van der Waals surface area contributed by atoms with Gasteiger partial charge in [0, 0.05) is 18.5 Å². The lowest BCUT2D eigenvalue weighted by Gasteiger charge is -2.37. The van der Waals surface area contributed by atoms with E-state index in [1.165, 1.54) is 45.2 Å². The summed E-state index contributed by atoms with van der Waals surface area (Å²) in [5.41, 5.74) is 0. The summed E-state index contributed by atoms with van der Waals surface area (Å²) in [4.78, 5) is 2.67. The highest BCUT2D eigenvalue weighted by atomic mass is 35.5. The van der Waals surface area contributed by atoms with Crippen molar-refractivity contribution in [1.82, 2.24) is 4.90 Å². The Bertz CT molecular complexity index is 147. The third-order valence-corrected chi connectivity index (χ3v) is 3.65. The molecular weight excluding hydrogens is 194 g/mol. The van der Waals surface area contributed by atoms with Gasteiger partial charge in [0.2, 0.25) is 0 Å². The minimum Gasteiger partial charge on any atom is -0.300 e. The number of hydrogen-bond donors (Lipinski definition) is 0. The minimum atomic E-state index is 0.773. The molecule has 1 heterocycles. The lowest BCUT2D eigenvalue weighted by Crippen LogP contribution is -2.42. The Morgan fingerprint density at radius 3 is 2.86 bits per heavy atom. The average molecular weight is 218 g/mol. The van der Waals surface area contributed by atoms with Crippen molar-refractivity contribution in [3.63, 3.8) is 0 Å². The van der Waals surface area contributed by atoms with Crippen molar-refractivity contribution >= 4 is 11.6 Å². The van der Waals surface area contributed by atoms with Crippen molar-refractivity contribution in [2.45, 2.75) is 52.0 Å². The number of rotatable bonds is 5. The van der Waals surface area contributed by atoms with E-state index in [1.54, 1.807) is 0 Å². The summed E-state index contributed by atoms with van der Waals surface area (Å²) in [5, 5.41) is 0. The van der Waals surface area contributed by atoms with Crippen LogP contribution in [0.5, 0.6) is 0 Å². The Kier molecular flexibility index (Phi) is 5.88. The quantitative estimate of drug-likeness (QED) is 0.637. The normalized spacial score (nSPS) is 26.4. The molecule has 2 unspecified atom stereocenters. The van der Waals surface area contributed by atoms with Crippen LogP contribution in [0.2, 0.25) is 0 Å². The third kappa shape index (κ3) is 3.78. The molecule has 0 radical (unpaired) electrons. The van der Waals surface area contributed by atoms with Gasteiger partial charge in [-0.25, -0.2) is 0 Å². The Morgan fingerprint density at radius 1 is 1.43 bits per heavy atom. The standard InChI is InChI=1S/C12H24ClN/c1-3-11(2)10-14-9-5-4-6-12(14)7-8-13/h11-12H,3-10H2,1-2H3. The summed E-state index contributed by atoms with van der Waals surface area (Å²) in [5.74, 6) is 1.66. The van der Waals surface area contributed by atoms with Gasteiger partial charge in [-0.2, -0.15) is 0 Å². The van der Waals surface area contributed by atoms with Gasteiger partial charge in [-0.3, -0.25) is 0 Å². The van der Waals surface area contributed by atoms with Crippen LogP contribution in [0.4, 0.5) is 0 Å². The number of likely N-dealkylation sites (tertiary alicyclic amines) is 1. The molecule has 0 amide bonds. The molecule has 1 saturated heterocycles. The molecule has 0 aliphatic carbocycles. The second-order valence-electron chi connectivity index (χ2n) is 4.64. The van der Waals surface area contributed by atoms with Crippen LogP contribution in [0.15, 0.2) is 0 Å². The van der Waals surface area contributed by atoms with E-state index in [0.29, 0.717) is 0 Å². The predicted molar refractivity (Wildman–Crippen MR) is 64.0 cm³/mol. The van der Waals surface area contributed by atoms with Gasteiger partial charge in [0.15, 0.2) is 0 Å². The summed E-state index contributed by atoms with van der Waals surface area (Å²) >= 11 is 5.84. The molecule has 14 heavy (non-hydrogen) atoms. The van der Waals surface area contributed by atoms with Crippen LogP contribution >= 0.6 is 11.6 Å². The van der Waals surface area contributed by atoms with Gasteiger partial charge >= 0.3 is 0 Å². The summed E-state index contributed by atoms with van der Waals surface area (Å²) in [6, 6.07) is 0.773. The fraction of sp³-hybridized carbons (Fsp3) is 1.00. The summed E-state index contributed by atoms with van der Waals surface area (Å²) in [7, 11) is 0. The maximum atomic E-state index is 5.84. The van der Waals surface area contributed by atoms with Crippen molar-refractivity contribution in [2.75, 3.05) is 19.0 Å². The second-order valence-corrected chi connectivity index (χ2v) is 5.01. The smallest absolute Gasteiger partial charge is 0.0238 e. The predicted octanol–water partition coefficient (Wildman–Crippen LogP) is 3.52. The zero-order valence-corrected chi connectivity index (χ0v) is 10.4. The Morgan fingerprint density at radius 2 is 2.21 bits per heavy atom. The molecular formula is C12H24ClN. The van der Waals surface area contributed by atoms with E-state index >= 15 is 0 Å². The molecule has 0 saturated carbocycles. The Labute approximate surface area is 93.8 Å². The van der Waals surface area contributed by atoms with Crippen molar-refractivity contribution in [3.8, 4) is 0 Å². The van der Waals surface area contributed by atoms with Crippen LogP contribution in [-0.2, 0) is 0 Å². The first-order valence-corrected chi connectivity index (χ1v) is 6.61. The third-order valence-electron chi connectivity index (χ3n) is 3.43. The highest BCUT2D eigenvalue weighted by Gasteiger charge is 2.22. The molecule has 0 aromatic carbocycles. The molecule has 0 bridgehead atoms. The van der Waals surface area contributed by atoms with Gasteiger partial charge in [0.1, 0.15) is 0 Å². The van der Waals surface area contributed by atoms with Gasteiger partial charge in [-0.15, -0.1) is 11.6 Å².